The second kappa shape index (κ2) is 21.8. The predicted molar refractivity (Wildman–Crippen MR) is 177 cm³/mol. The molecule has 0 amide bonds. The molecule has 0 spiro atoms. The third kappa shape index (κ3) is 16.7. The van der Waals surface area contributed by atoms with E-state index >= 15 is 0 Å². The maximum Gasteiger partial charge on any atom is 0.119 e. The van der Waals surface area contributed by atoms with Gasteiger partial charge in [0, 0.05) is 4.86 Å². The normalized spacial score (nSPS) is 11.5. The lowest BCUT2D eigenvalue weighted by atomic mass is 10.0. The van der Waals surface area contributed by atoms with Crippen molar-refractivity contribution < 1.29 is 4.74 Å². The van der Waals surface area contributed by atoms with Crippen LogP contribution in [0.2, 0.25) is 0 Å². The Morgan fingerprint density at radius 2 is 1.26 bits per heavy atom. The zero-order chi connectivity index (χ0) is 28.0. The van der Waals surface area contributed by atoms with Gasteiger partial charge < -0.3 is 4.74 Å². The monoisotopic (exact) mass is 548 g/mol. The lowest BCUT2D eigenvalue weighted by Gasteiger charge is -2.07. The molecule has 0 atom stereocenters. The summed E-state index contributed by atoms with van der Waals surface area (Å²) in [6.45, 7) is 7.70. The minimum absolute atomic E-state index is 0.800. The van der Waals surface area contributed by atoms with Crippen LogP contribution in [-0.4, -0.2) is 11.5 Å². The van der Waals surface area contributed by atoms with Crippen LogP contribution >= 0.6 is 12.2 Å². The molecule has 39 heavy (non-hydrogen) atoms. The van der Waals surface area contributed by atoms with E-state index in [4.69, 9.17) is 17.0 Å². The Morgan fingerprint density at radius 1 is 0.692 bits per heavy atom. The molecule has 0 N–H and O–H groups in total. The SMILES string of the molecule is CCCCCCCCCCCCCCCOc1ccc(C=CC(=S)c2ccc(CCCCC(C)C)cc2)cc1. The minimum Gasteiger partial charge on any atom is -0.494 e. The first-order valence-corrected chi connectivity index (χ1v) is 16.5. The average molecular weight is 549 g/mol. The average Bonchev–Trinajstić information content (AvgIpc) is 2.95. The topological polar surface area (TPSA) is 9.23 Å². The first kappa shape index (κ1) is 33.3. The molecule has 0 heterocycles. The molecular formula is C37H56OS. The van der Waals surface area contributed by atoms with Crippen LogP contribution in [0.3, 0.4) is 0 Å². The molecule has 2 aromatic carbocycles. The lowest BCUT2D eigenvalue weighted by molar-refractivity contribution is 0.304. The Bertz CT molecular complexity index is 894. The summed E-state index contributed by atoms with van der Waals surface area (Å²) in [6.07, 6.45) is 27.1. The van der Waals surface area contributed by atoms with Crippen LogP contribution in [0.5, 0.6) is 5.75 Å². The summed E-state index contributed by atoms with van der Waals surface area (Å²) < 4.78 is 5.96. The van der Waals surface area contributed by atoms with Gasteiger partial charge in [0.05, 0.1) is 6.61 Å². The summed E-state index contributed by atoms with van der Waals surface area (Å²) in [7, 11) is 0. The molecule has 0 fully saturated rings. The number of unbranched alkanes of at least 4 members (excludes halogenated alkanes) is 13. The first-order valence-electron chi connectivity index (χ1n) is 16.1. The number of rotatable bonds is 23. The van der Waals surface area contributed by atoms with Crippen molar-refractivity contribution in [1.29, 1.82) is 0 Å². The fraction of sp³-hybridized carbons (Fsp3) is 0.595. The van der Waals surface area contributed by atoms with Crippen molar-refractivity contribution in [3.05, 3.63) is 71.3 Å². The zero-order valence-electron chi connectivity index (χ0n) is 25.4. The number of benzene rings is 2. The van der Waals surface area contributed by atoms with Crippen LogP contribution < -0.4 is 4.74 Å². The van der Waals surface area contributed by atoms with Crippen LogP contribution in [0.1, 0.15) is 140 Å². The predicted octanol–water partition coefficient (Wildman–Crippen LogP) is 12.0. The molecule has 0 bridgehead atoms. The van der Waals surface area contributed by atoms with Crippen LogP contribution in [-0.2, 0) is 6.42 Å². The highest BCUT2D eigenvalue weighted by molar-refractivity contribution is 7.81. The quantitative estimate of drug-likeness (QED) is 0.0591. The zero-order valence-corrected chi connectivity index (χ0v) is 26.2. The summed E-state index contributed by atoms with van der Waals surface area (Å²) >= 11 is 5.66. The molecular weight excluding hydrogens is 492 g/mol. The van der Waals surface area contributed by atoms with Crippen molar-refractivity contribution >= 4 is 23.2 Å². The maximum absolute atomic E-state index is 5.96. The van der Waals surface area contributed by atoms with E-state index in [9.17, 15) is 0 Å². The summed E-state index contributed by atoms with van der Waals surface area (Å²) in [5.74, 6) is 1.76. The Morgan fingerprint density at radius 3 is 1.82 bits per heavy atom. The Hall–Kier alpha value is -1.93. The lowest BCUT2D eigenvalue weighted by Crippen LogP contribution is -1.97. The molecule has 0 aliphatic rings. The third-order valence-corrected chi connectivity index (χ3v) is 7.93. The van der Waals surface area contributed by atoms with Crippen molar-refractivity contribution in [1.82, 2.24) is 0 Å². The molecule has 2 heteroatoms. The van der Waals surface area contributed by atoms with Gasteiger partial charge in [-0.15, -0.1) is 0 Å². The van der Waals surface area contributed by atoms with Crippen molar-refractivity contribution in [3.63, 3.8) is 0 Å². The fourth-order valence-corrected chi connectivity index (χ4v) is 5.17. The van der Waals surface area contributed by atoms with Crippen molar-refractivity contribution in [2.24, 2.45) is 5.92 Å². The van der Waals surface area contributed by atoms with E-state index in [1.807, 2.05) is 6.08 Å². The van der Waals surface area contributed by atoms with Crippen LogP contribution in [0.15, 0.2) is 54.6 Å². The van der Waals surface area contributed by atoms with Crippen LogP contribution in [0.4, 0.5) is 0 Å². The number of hydrogen-bond acceptors (Lipinski definition) is 2. The Balaban J connectivity index is 1.54. The van der Waals surface area contributed by atoms with Gasteiger partial charge in [-0.25, -0.2) is 0 Å². The van der Waals surface area contributed by atoms with Crippen molar-refractivity contribution in [2.45, 2.75) is 130 Å². The molecule has 2 rings (SSSR count). The molecule has 1 nitrogen and oxygen atoms in total. The number of ether oxygens (including phenoxy) is 1. The van der Waals surface area contributed by atoms with E-state index in [-0.39, 0.29) is 0 Å². The molecule has 216 valence electrons. The van der Waals surface area contributed by atoms with Crippen LogP contribution in [0, 0.1) is 5.92 Å². The molecule has 0 unspecified atom stereocenters. The molecule has 0 aromatic heterocycles. The van der Waals surface area contributed by atoms with E-state index < -0.39 is 0 Å². The molecule has 0 saturated carbocycles. The maximum atomic E-state index is 5.96. The van der Waals surface area contributed by atoms with Crippen LogP contribution in [0.25, 0.3) is 6.08 Å². The highest BCUT2D eigenvalue weighted by Crippen LogP contribution is 2.17. The second-order valence-corrected chi connectivity index (χ2v) is 12.1. The standard InChI is InChI=1S/C37H56OS/c1-4-5-6-7-8-9-10-11-12-13-14-15-18-31-38-36-28-23-34(24-29-36)25-30-37(39)35-26-21-33(22-27-35)20-17-16-19-32(2)3/h21-30,32H,4-20,31H2,1-3H3. The Kier molecular flexibility index (Phi) is 18.6. The molecule has 0 saturated heterocycles. The molecule has 0 aliphatic heterocycles. The number of allylic oxidation sites excluding steroid dienone is 1. The summed E-state index contributed by atoms with van der Waals surface area (Å²) in [5.41, 5.74) is 3.67. The fourth-order valence-electron chi connectivity index (χ4n) is 4.97. The molecule has 0 radical (unpaired) electrons. The first-order chi connectivity index (χ1) is 19.1. The van der Waals surface area contributed by atoms with Gasteiger partial charge in [0.2, 0.25) is 0 Å². The highest BCUT2D eigenvalue weighted by Gasteiger charge is 2.01. The summed E-state index contributed by atoms with van der Waals surface area (Å²) in [6, 6.07) is 17.1. The van der Waals surface area contributed by atoms with E-state index in [1.54, 1.807) is 0 Å². The molecule has 0 aliphatic carbocycles. The van der Waals surface area contributed by atoms with E-state index in [0.29, 0.717) is 0 Å². The summed E-state index contributed by atoms with van der Waals surface area (Å²) in [5, 5.41) is 0. The van der Waals surface area contributed by atoms with Gasteiger partial charge in [-0.2, -0.15) is 0 Å². The summed E-state index contributed by atoms with van der Waals surface area (Å²) in [4.78, 5) is 0.879. The van der Waals surface area contributed by atoms with E-state index in [1.165, 1.54) is 102 Å². The third-order valence-electron chi connectivity index (χ3n) is 7.56. The van der Waals surface area contributed by atoms with Crippen molar-refractivity contribution in [3.8, 4) is 5.75 Å². The van der Waals surface area contributed by atoms with Gasteiger partial charge in [0.1, 0.15) is 5.75 Å². The largest absolute Gasteiger partial charge is 0.494 e. The highest BCUT2D eigenvalue weighted by atomic mass is 32.1. The smallest absolute Gasteiger partial charge is 0.119 e. The molecule has 2 aromatic rings. The second-order valence-electron chi connectivity index (χ2n) is 11.7. The minimum atomic E-state index is 0.800. The van der Waals surface area contributed by atoms with Gasteiger partial charge in [0.25, 0.3) is 0 Å². The van der Waals surface area contributed by atoms with E-state index in [2.05, 4.69) is 75.4 Å². The van der Waals surface area contributed by atoms with E-state index in [0.717, 1.165) is 47.1 Å². The Labute approximate surface area is 246 Å². The van der Waals surface area contributed by atoms with Gasteiger partial charge in [0.15, 0.2) is 0 Å². The van der Waals surface area contributed by atoms with Gasteiger partial charge in [-0.1, -0.05) is 165 Å². The van der Waals surface area contributed by atoms with Gasteiger partial charge in [-0.05, 0) is 60.1 Å². The number of thiocarbonyl (C=S) groups is 1. The number of aryl methyl sites for hydroxylation is 1. The van der Waals surface area contributed by atoms with Crippen molar-refractivity contribution in [2.75, 3.05) is 6.61 Å². The number of hydrogen-bond donors (Lipinski definition) is 0. The van der Waals surface area contributed by atoms with Gasteiger partial charge in [-0.3, -0.25) is 0 Å². The van der Waals surface area contributed by atoms with Gasteiger partial charge >= 0.3 is 0 Å².